The zero-order valence-corrected chi connectivity index (χ0v) is 16.8. The number of halogens is 2. The third kappa shape index (κ3) is 4.36. The molecule has 1 aliphatic rings. The quantitative estimate of drug-likeness (QED) is 0.594. The molecule has 6 nitrogen and oxygen atoms in total. The van der Waals surface area contributed by atoms with Crippen molar-refractivity contribution in [1.82, 2.24) is 14.5 Å². The fraction of sp³-hybridized carbons (Fsp3) is 0.227. The average Bonchev–Trinajstić information content (AvgIpc) is 2.77. The topological polar surface area (TPSA) is 64.4 Å². The zero-order valence-electron chi connectivity index (χ0n) is 16.1. The van der Waals surface area contributed by atoms with E-state index in [0.29, 0.717) is 24.2 Å². The Bertz CT molecular complexity index is 1120. The van der Waals surface area contributed by atoms with Gasteiger partial charge in [-0.25, -0.2) is 14.2 Å². The van der Waals surface area contributed by atoms with E-state index in [2.05, 4.69) is 4.98 Å². The molecule has 8 heteroatoms. The summed E-state index contributed by atoms with van der Waals surface area (Å²) in [6.07, 6.45) is -0.0637. The molecule has 0 bridgehead atoms. The number of hydrogen-bond donors (Lipinski definition) is 0. The second-order valence-corrected chi connectivity index (χ2v) is 7.37. The summed E-state index contributed by atoms with van der Waals surface area (Å²) in [5.41, 5.74) is 2.31. The maximum absolute atomic E-state index is 13.1. The summed E-state index contributed by atoms with van der Waals surface area (Å²) < 4.78 is 19.8. The molecule has 0 saturated carbocycles. The lowest BCUT2D eigenvalue weighted by molar-refractivity contribution is 0.0913. The number of carbonyl (C=O) groups is 1. The van der Waals surface area contributed by atoms with Crippen LogP contribution in [0, 0.1) is 5.82 Å². The molecule has 0 aliphatic carbocycles. The molecule has 154 valence electrons. The van der Waals surface area contributed by atoms with Gasteiger partial charge in [0.15, 0.2) is 0 Å². The van der Waals surface area contributed by atoms with Crippen molar-refractivity contribution in [3.05, 3.63) is 98.4 Å². The van der Waals surface area contributed by atoms with Crippen molar-refractivity contribution in [2.45, 2.75) is 26.1 Å². The molecule has 0 N–H and O–H groups in total. The first kappa shape index (κ1) is 20.1. The van der Waals surface area contributed by atoms with E-state index in [9.17, 15) is 14.0 Å². The number of fused-ring (bicyclic) bond motifs is 1. The van der Waals surface area contributed by atoms with E-state index in [-0.39, 0.29) is 36.4 Å². The normalized spacial score (nSPS) is 13.1. The highest BCUT2D eigenvalue weighted by atomic mass is 35.5. The van der Waals surface area contributed by atoms with E-state index in [1.54, 1.807) is 12.1 Å². The largest absolute Gasteiger partial charge is 0.445 e. The molecule has 2 heterocycles. The van der Waals surface area contributed by atoms with Gasteiger partial charge in [0.2, 0.25) is 5.28 Å². The molecule has 1 aromatic heterocycles. The number of hydrogen-bond acceptors (Lipinski definition) is 4. The lowest BCUT2D eigenvalue weighted by Gasteiger charge is -2.27. The molecular formula is C22H19ClFN3O3. The van der Waals surface area contributed by atoms with Gasteiger partial charge in [-0.2, -0.15) is 0 Å². The number of aromatic nitrogens is 2. The first-order valence-corrected chi connectivity index (χ1v) is 9.87. The van der Waals surface area contributed by atoms with Crippen LogP contribution in [0.15, 0.2) is 59.4 Å². The van der Waals surface area contributed by atoms with Gasteiger partial charge >= 0.3 is 6.09 Å². The van der Waals surface area contributed by atoms with Crippen LogP contribution in [-0.2, 0) is 30.9 Å². The SMILES string of the molecule is O=C(OCc1ccccc1)N1CCc2nc(Cl)n(Cc3ccc(F)cc3)c(=O)c2C1. The number of amides is 1. The summed E-state index contributed by atoms with van der Waals surface area (Å²) in [5, 5.41) is 0.0724. The fourth-order valence-corrected chi connectivity index (χ4v) is 3.60. The van der Waals surface area contributed by atoms with Crippen molar-refractivity contribution in [3.8, 4) is 0 Å². The number of ether oxygens (including phenoxy) is 1. The van der Waals surface area contributed by atoms with Gasteiger partial charge < -0.3 is 9.64 Å². The highest BCUT2D eigenvalue weighted by Crippen LogP contribution is 2.18. The lowest BCUT2D eigenvalue weighted by atomic mass is 10.1. The van der Waals surface area contributed by atoms with Gasteiger partial charge in [-0.05, 0) is 34.9 Å². The van der Waals surface area contributed by atoms with E-state index in [1.165, 1.54) is 21.6 Å². The summed E-state index contributed by atoms with van der Waals surface area (Å²) in [6, 6.07) is 15.2. The first-order chi connectivity index (χ1) is 14.5. The van der Waals surface area contributed by atoms with Crippen molar-refractivity contribution < 1.29 is 13.9 Å². The van der Waals surface area contributed by atoms with Crippen LogP contribution in [0.2, 0.25) is 5.28 Å². The Balaban J connectivity index is 1.51. The predicted molar refractivity (Wildman–Crippen MR) is 110 cm³/mol. The Hall–Kier alpha value is -3.19. The van der Waals surface area contributed by atoms with Gasteiger partial charge in [0.25, 0.3) is 5.56 Å². The summed E-state index contributed by atoms with van der Waals surface area (Å²) in [4.78, 5) is 31.4. The maximum atomic E-state index is 13.1. The molecule has 1 aliphatic heterocycles. The van der Waals surface area contributed by atoms with Crippen LogP contribution in [0.3, 0.4) is 0 Å². The maximum Gasteiger partial charge on any atom is 0.410 e. The number of rotatable bonds is 4. The van der Waals surface area contributed by atoms with Gasteiger partial charge in [0, 0.05) is 13.0 Å². The van der Waals surface area contributed by atoms with Gasteiger partial charge in [0.05, 0.1) is 24.3 Å². The van der Waals surface area contributed by atoms with E-state index in [4.69, 9.17) is 16.3 Å². The number of benzene rings is 2. The summed E-state index contributed by atoms with van der Waals surface area (Å²) >= 11 is 6.24. The lowest BCUT2D eigenvalue weighted by Crippen LogP contribution is -2.41. The van der Waals surface area contributed by atoms with Crippen LogP contribution in [0.25, 0.3) is 0 Å². The minimum atomic E-state index is -0.482. The predicted octanol–water partition coefficient (Wildman–Crippen LogP) is 3.78. The van der Waals surface area contributed by atoms with Crippen LogP contribution >= 0.6 is 11.6 Å². The van der Waals surface area contributed by atoms with Crippen molar-refractivity contribution in [2.75, 3.05) is 6.54 Å². The molecule has 0 unspecified atom stereocenters. The minimum Gasteiger partial charge on any atom is -0.445 e. The summed E-state index contributed by atoms with van der Waals surface area (Å²) in [5.74, 6) is -0.356. The van der Waals surface area contributed by atoms with Crippen molar-refractivity contribution in [3.63, 3.8) is 0 Å². The van der Waals surface area contributed by atoms with Gasteiger partial charge in [-0.15, -0.1) is 0 Å². The van der Waals surface area contributed by atoms with Crippen molar-refractivity contribution >= 4 is 17.7 Å². The van der Waals surface area contributed by atoms with Crippen LogP contribution in [0.1, 0.15) is 22.4 Å². The van der Waals surface area contributed by atoms with Gasteiger partial charge in [-0.3, -0.25) is 9.36 Å². The molecule has 0 saturated heterocycles. The fourth-order valence-electron chi connectivity index (χ4n) is 3.36. The van der Waals surface area contributed by atoms with E-state index in [1.807, 2.05) is 30.3 Å². The molecule has 3 aromatic rings. The van der Waals surface area contributed by atoms with Gasteiger partial charge in [0.1, 0.15) is 12.4 Å². The van der Waals surface area contributed by atoms with E-state index < -0.39 is 6.09 Å². The van der Waals surface area contributed by atoms with Gasteiger partial charge in [-0.1, -0.05) is 42.5 Å². The Morgan fingerprint density at radius 2 is 1.83 bits per heavy atom. The molecule has 0 atom stereocenters. The highest BCUT2D eigenvalue weighted by molar-refractivity contribution is 6.28. The molecule has 1 amide bonds. The standard InChI is InChI=1S/C22H19ClFN3O3/c23-21-25-19-10-11-26(22(29)30-14-16-4-2-1-3-5-16)13-18(19)20(28)27(21)12-15-6-8-17(24)9-7-15/h1-9H,10-14H2. The van der Waals surface area contributed by atoms with Crippen LogP contribution in [0.5, 0.6) is 0 Å². The number of nitrogens with zero attached hydrogens (tertiary/aromatic N) is 3. The van der Waals surface area contributed by atoms with Crippen molar-refractivity contribution in [1.29, 1.82) is 0 Å². The van der Waals surface area contributed by atoms with E-state index >= 15 is 0 Å². The third-order valence-corrected chi connectivity index (χ3v) is 5.27. The molecule has 0 fully saturated rings. The number of carbonyl (C=O) groups excluding carboxylic acids is 1. The first-order valence-electron chi connectivity index (χ1n) is 9.49. The van der Waals surface area contributed by atoms with Crippen molar-refractivity contribution in [2.24, 2.45) is 0 Å². The molecule has 0 spiro atoms. The average molecular weight is 428 g/mol. The second-order valence-electron chi connectivity index (χ2n) is 7.04. The Morgan fingerprint density at radius 3 is 2.57 bits per heavy atom. The van der Waals surface area contributed by atoms with Crippen LogP contribution in [0.4, 0.5) is 9.18 Å². The smallest absolute Gasteiger partial charge is 0.410 e. The Morgan fingerprint density at radius 1 is 1.10 bits per heavy atom. The molecule has 0 radical (unpaired) electrons. The molecule has 4 rings (SSSR count). The van der Waals surface area contributed by atoms with Crippen LogP contribution in [-0.4, -0.2) is 27.1 Å². The Kier molecular flexibility index (Phi) is 5.81. The van der Waals surface area contributed by atoms with Crippen LogP contribution < -0.4 is 5.56 Å². The minimum absolute atomic E-state index is 0.0724. The van der Waals surface area contributed by atoms with E-state index in [0.717, 1.165) is 11.1 Å². The second kappa shape index (κ2) is 8.67. The summed E-state index contributed by atoms with van der Waals surface area (Å²) in [7, 11) is 0. The molecule has 2 aromatic carbocycles. The highest BCUT2D eigenvalue weighted by Gasteiger charge is 2.27. The zero-order chi connectivity index (χ0) is 21.1. The molecular weight excluding hydrogens is 409 g/mol. The summed E-state index contributed by atoms with van der Waals surface area (Å²) in [6.45, 7) is 0.828. The Labute approximate surface area is 177 Å². The monoisotopic (exact) mass is 427 g/mol. The third-order valence-electron chi connectivity index (χ3n) is 4.99. The molecule has 30 heavy (non-hydrogen) atoms.